The maximum absolute atomic E-state index is 13.3. The quantitative estimate of drug-likeness (QED) is 0.548. The molecule has 2 aromatic rings. The van der Waals surface area contributed by atoms with Crippen molar-refractivity contribution in [2.75, 3.05) is 27.2 Å². The Morgan fingerprint density at radius 3 is 2.10 bits per heavy atom. The molecule has 0 bridgehead atoms. The van der Waals surface area contributed by atoms with Gasteiger partial charge in [0.2, 0.25) is 20.0 Å². The third kappa shape index (κ3) is 4.93. The summed E-state index contributed by atoms with van der Waals surface area (Å²) in [5.74, 6) is 0. The van der Waals surface area contributed by atoms with Crippen LogP contribution in [0.2, 0.25) is 0 Å². The summed E-state index contributed by atoms with van der Waals surface area (Å²) in [5, 5.41) is 4.45. The minimum Gasteiger partial charge on any atom is -0.264 e. The molecule has 0 spiro atoms. The lowest BCUT2D eigenvalue weighted by Gasteiger charge is -2.21. The molecule has 0 aliphatic carbocycles. The molecular formula is C20H32N4O4S2. The van der Waals surface area contributed by atoms with E-state index >= 15 is 0 Å². The Balaban J connectivity index is 2.44. The molecule has 0 radical (unpaired) electrons. The Kier molecular flexibility index (Phi) is 7.84. The van der Waals surface area contributed by atoms with Crippen LogP contribution in [0.5, 0.6) is 0 Å². The van der Waals surface area contributed by atoms with Crippen LogP contribution in [-0.2, 0) is 26.6 Å². The van der Waals surface area contributed by atoms with E-state index in [1.807, 2.05) is 13.8 Å². The molecule has 0 amide bonds. The van der Waals surface area contributed by atoms with Gasteiger partial charge in [0, 0.05) is 27.2 Å². The number of aromatic nitrogens is 2. The van der Waals surface area contributed by atoms with Gasteiger partial charge in [0.05, 0.1) is 22.8 Å². The zero-order chi connectivity index (χ0) is 22.7. The second kappa shape index (κ2) is 9.59. The molecule has 1 aromatic carbocycles. The van der Waals surface area contributed by atoms with E-state index in [0.717, 1.165) is 22.7 Å². The lowest BCUT2D eigenvalue weighted by Crippen LogP contribution is -2.33. The molecule has 1 heterocycles. The minimum absolute atomic E-state index is 0.191. The molecule has 0 N–H and O–H groups in total. The van der Waals surface area contributed by atoms with E-state index in [9.17, 15) is 16.8 Å². The van der Waals surface area contributed by atoms with E-state index in [4.69, 9.17) is 0 Å². The van der Waals surface area contributed by atoms with Gasteiger partial charge in [-0.2, -0.15) is 9.40 Å². The minimum atomic E-state index is -3.65. The predicted octanol–water partition coefficient (Wildman–Crippen LogP) is 2.61. The molecule has 0 aliphatic heterocycles. The van der Waals surface area contributed by atoms with E-state index in [1.54, 1.807) is 42.8 Å². The van der Waals surface area contributed by atoms with Crippen LogP contribution in [0.25, 0.3) is 0 Å². The number of hydrogen-bond acceptors (Lipinski definition) is 5. The van der Waals surface area contributed by atoms with Gasteiger partial charge in [-0.1, -0.05) is 26.0 Å². The Morgan fingerprint density at radius 2 is 1.57 bits per heavy atom. The summed E-state index contributed by atoms with van der Waals surface area (Å²) in [7, 11) is -4.23. The van der Waals surface area contributed by atoms with Crippen LogP contribution in [0.3, 0.4) is 0 Å². The zero-order valence-corrected chi connectivity index (χ0v) is 20.2. The molecule has 0 saturated carbocycles. The van der Waals surface area contributed by atoms with Crippen LogP contribution in [0.1, 0.15) is 43.6 Å². The zero-order valence-electron chi connectivity index (χ0n) is 18.6. The highest BCUT2D eigenvalue weighted by molar-refractivity contribution is 7.89. The number of hydrogen-bond donors (Lipinski definition) is 0. The molecule has 0 saturated heterocycles. The standard InChI is InChI=1S/C20H32N4O4S2/c1-7-12-23(13-8-2)30(27,28)20-16(3)21-24(17(20)4)15-18-10-9-11-19(14-18)29(25,26)22(5)6/h9-11,14H,7-8,12-13,15H2,1-6H3. The van der Waals surface area contributed by atoms with Crippen molar-refractivity contribution in [1.82, 2.24) is 18.4 Å². The van der Waals surface area contributed by atoms with Gasteiger partial charge in [0.15, 0.2) is 0 Å². The van der Waals surface area contributed by atoms with E-state index in [0.29, 0.717) is 24.5 Å². The van der Waals surface area contributed by atoms with Crippen LogP contribution < -0.4 is 0 Å². The monoisotopic (exact) mass is 456 g/mol. The summed E-state index contributed by atoms with van der Waals surface area (Å²) in [5.41, 5.74) is 1.72. The van der Waals surface area contributed by atoms with Gasteiger partial charge in [0.25, 0.3) is 0 Å². The molecule has 0 atom stereocenters. The van der Waals surface area contributed by atoms with Crippen molar-refractivity contribution in [1.29, 1.82) is 0 Å². The van der Waals surface area contributed by atoms with E-state index in [-0.39, 0.29) is 16.3 Å². The smallest absolute Gasteiger partial charge is 0.246 e. The molecule has 1 aromatic heterocycles. The third-order valence-electron chi connectivity index (χ3n) is 4.87. The molecular weight excluding hydrogens is 424 g/mol. The lowest BCUT2D eigenvalue weighted by molar-refractivity contribution is 0.409. The first-order chi connectivity index (χ1) is 14.0. The highest BCUT2D eigenvalue weighted by Crippen LogP contribution is 2.25. The second-order valence-electron chi connectivity index (χ2n) is 7.50. The SMILES string of the molecule is CCCN(CCC)S(=O)(=O)c1c(C)nn(Cc2cccc(S(=O)(=O)N(C)C)c2)c1C. The van der Waals surface area contributed by atoms with Crippen LogP contribution in [0.4, 0.5) is 0 Å². The van der Waals surface area contributed by atoms with Gasteiger partial charge >= 0.3 is 0 Å². The second-order valence-corrected chi connectivity index (χ2v) is 11.5. The Bertz CT molecular complexity index is 1080. The summed E-state index contributed by atoms with van der Waals surface area (Å²) in [6.45, 7) is 8.55. The summed E-state index contributed by atoms with van der Waals surface area (Å²) in [6.07, 6.45) is 1.47. The lowest BCUT2D eigenvalue weighted by atomic mass is 10.2. The first kappa shape index (κ1) is 24.5. The maximum atomic E-state index is 13.3. The normalized spacial score (nSPS) is 12.8. The maximum Gasteiger partial charge on any atom is 0.246 e. The van der Waals surface area contributed by atoms with Gasteiger partial charge in [-0.25, -0.2) is 21.1 Å². The average molecular weight is 457 g/mol. The van der Waals surface area contributed by atoms with Crippen LogP contribution in [0, 0.1) is 13.8 Å². The van der Waals surface area contributed by atoms with Gasteiger partial charge in [-0.05, 0) is 44.4 Å². The van der Waals surface area contributed by atoms with Gasteiger partial charge in [0.1, 0.15) is 4.90 Å². The first-order valence-corrected chi connectivity index (χ1v) is 12.9. The van der Waals surface area contributed by atoms with Gasteiger partial charge in [-0.3, -0.25) is 4.68 Å². The van der Waals surface area contributed by atoms with Crippen molar-refractivity contribution >= 4 is 20.0 Å². The molecule has 0 aliphatic rings. The van der Waals surface area contributed by atoms with Crippen molar-refractivity contribution in [3.8, 4) is 0 Å². The van der Waals surface area contributed by atoms with E-state index < -0.39 is 20.0 Å². The van der Waals surface area contributed by atoms with Crippen molar-refractivity contribution in [2.45, 2.75) is 56.9 Å². The van der Waals surface area contributed by atoms with Crippen molar-refractivity contribution in [2.24, 2.45) is 0 Å². The molecule has 168 valence electrons. The number of aryl methyl sites for hydroxylation is 1. The predicted molar refractivity (Wildman–Crippen MR) is 117 cm³/mol. The third-order valence-corrected chi connectivity index (χ3v) is 8.83. The average Bonchev–Trinajstić information content (AvgIpc) is 2.95. The number of sulfonamides is 2. The van der Waals surface area contributed by atoms with Gasteiger partial charge in [-0.15, -0.1) is 0 Å². The Labute approximate surface area is 180 Å². The van der Waals surface area contributed by atoms with Gasteiger partial charge < -0.3 is 0 Å². The van der Waals surface area contributed by atoms with E-state index in [1.165, 1.54) is 18.4 Å². The fourth-order valence-electron chi connectivity index (χ4n) is 3.38. The van der Waals surface area contributed by atoms with Crippen molar-refractivity contribution < 1.29 is 16.8 Å². The fraction of sp³-hybridized carbons (Fsp3) is 0.550. The first-order valence-electron chi connectivity index (χ1n) is 10.0. The summed E-state index contributed by atoms with van der Waals surface area (Å²) < 4.78 is 55.7. The molecule has 0 fully saturated rings. The molecule has 10 heteroatoms. The summed E-state index contributed by atoms with van der Waals surface area (Å²) in [6, 6.07) is 6.63. The molecule has 0 unspecified atom stereocenters. The topological polar surface area (TPSA) is 92.6 Å². The van der Waals surface area contributed by atoms with Crippen LogP contribution >= 0.6 is 0 Å². The number of benzene rings is 1. The van der Waals surface area contributed by atoms with Crippen molar-refractivity contribution in [3.05, 3.63) is 41.2 Å². The van der Waals surface area contributed by atoms with E-state index in [2.05, 4.69) is 5.10 Å². The summed E-state index contributed by atoms with van der Waals surface area (Å²) >= 11 is 0. The Hall–Kier alpha value is -1.75. The largest absolute Gasteiger partial charge is 0.264 e. The molecule has 2 rings (SSSR count). The molecule has 8 nitrogen and oxygen atoms in total. The molecule has 30 heavy (non-hydrogen) atoms. The van der Waals surface area contributed by atoms with Crippen LogP contribution in [0.15, 0.2) is 34.1 Å². The van der Waals surface area contributed by atoms with Crippen LogP contribution in [-0.4, -0.2) is 62.4 Å². The fourth-order valence-corrected chi connectivity index (χ4v) is 6.35. The number of nitrogens with zero attached hydrogens (tertiary/aromatic N) is 4. The number of rotatable bonds is 10. The Morgan fingerprint density at radius 1 is 0.967 bits per heavy atom. The highest BCUT2D eigenvalue weighted by Gasteiger charge is 2.30. The van der Waals surface area contributed by atoms with Crippen molar-refractivity contribution in [3.63, 3.8) is 0 Å². The summed E-state index contributed by atoms with van der Waals surface area (Å²) in [4.78, 5) is 0.429. The highest BCUT2D eigenvalue weighted by atomic mass is 32.2.